The summed E-state index contributed by atoms with van der Waals surface area (Å²) in [4.78, 5) is 2.42. The highest BCUT2D eigenvalue weighted by Gasteiger charge is 1.97. The second-order valence-electron chi connectivity index (χ2n) is 2.72. The predicted octanol–water partition coefficient (Wildman–Crippen LogP) is 1.44. The zero-order valence-corrected chi connectivity index (χ0v) is 9.07. The molecule has 0 aromatic heterocycles. The van der Waals surface area contributed by atoms with Crippen LogP contribution in [-0.2, 0) is 0 Å². The van der Waals surface area contributed by atoms with Crippen molar-refractivity contribution >= 4 is 11.8 Å². The molecule has 0 aromatic carbocycles. The van der Waals surface area contributed by atoms with Crippen molar-refractivity contribution < 1.29 is 5.11 Å². The van der Waals surface area contributed by atoms with E-state index in [4.69, 9.17) is 5.11 Å². The molecular weight excluding hydrogens is 170 g/mol. The van der Waals surface area contributed by atoms with Gasteiger partial charge in [-0.15, -0.1) is 0 Å². The van der Waals surface area contributed by atoms with Crippen LogP contribution in [0.3, 0.4) is 0 Å². The summed E-state index contributed by atoms with van der Waals surface area (Å²) in [7, 11) is 0. The Hall–Kier alpha value is 0.270. The van der Waals surface area contributed by atoms with Gasteiger partial charge in [0.2, 0.25) is 0 Å². The summed E-state index contributed by atoms with van der Waals surface area (Å²) >= 11 is 1.94. The van der Waals surface area contributed by atoms with Gasteiger partial charge in [-0.05, 0) is 25.3 Å². The number of thioether (sulfide) groups is 1. The molecule has 0 saturated heterocycles. The van der Waals surface area contributed by atoms with Crippen molar-refractivity contribution in [2.45, 2.75) is 20.3 Å². The van der Waals surface area contributed by atoms with E-state index in [0.717, 1.165) is 25.3 Å². The summed E-state index contributed by atoms with van der Waals surface area (Å²) < 4.78 is 0. The van der Waals surface area contributed by atoms with E-state index < -0.39 is 0 Å². The molecule has 0 radical (unpaired) electrons. The standard InChI is InChI=1S/C9H21NOS/c1-3-10(4-2)6-9-12-8-5-7-11/h11H,3-9H2,1-2H3. The smallest absolute Gasteiger partial charge is 0.0438 e. The summed E-state index contributed by atoms with van der Waals surface area (Å²) in [5.41, 5.74) is 0. The fourth-order valence-corrected chi connectivity index (χ4v) is 1.93. The molecule has 0 aliphatic heterocycles. The molecule has 0 unspecified atom stereocenters. The van der Waals surface area contributed by atoms with E-state index in [-0.39, 0.29) is 0 Å². The molecule has 74 valence electrons. The highest BCUT2D eigenvalue weighted by molar-refractivity contribution is 7.99. The number of hydrogen-bond donors (Lipinski definition) is 1. The lowest BCUT2D eigenvalue weighted by molar-refractivity contribution is 0.296. The van der Waals surface area contributed by atoms with E-state index in [1.165, 1.54) is 12.3 Å². The van der Waals surface area contributed by atoms with E-state index in [0.29, 0.717) is 6.61 Å². The minimum Gasteiger partial charge on any atom is -0.396 e. The third-order valence-corrected chi connectivity index (χ3v) is 2.94. The van der Waals surface area contributed by atoms with Crippen molar-refractivity contribution in [1.29, 1.82) is 0 Å². The quantitative estimate of drug-likeness (QED) is 0.587. The zero-order valence-electron chi connectivity index (χ0n) is 8.25. The molecule has 2 nitrogen and oxygen atoms in total. The molecule has 0 aromatic rings. The van der Waals surface area contributed by atoms with Crippen LogP contribution in [0.1, 0.15) is 20.3 Å². The Morgan fingerprint density at radius 2 is 1.83 bits per heavy atom. The number of nitrogens with zero attached hydrogens (tertiary/aromatic N) is 1. The highest BCUT2D eigenvalue weighted by Crippen LogP contribution is 2.02. The molecule has 0 atom stereocenters. The summed E-state index contributed by atoms with van der Waals surface area (Å²) in [5, 5.41) is 8.54. The van der Waals surface area contributed by atoms with Crippen LogP contribution in [0.4, 0.5) is 0 Å². The molecule has 0 heterocycles. The number of aliphatic hydroxyl groups is 1. The normalized spacial score (nSPS) is 11.0. The van der Waals surface area contributed by atoms with Gasteiger partial charge in [0.15, 0.2) is 0 Å². The Morgan fingerprint density at radius 1 is 1.17 bits per heavy atom. The average molecular weight is 191 g/mol. The van der Waals surface area contributed by atoms with Gasteiger partial charge in [0.25, 0.3) is 0 Å². The van der Waals surface area contributed by atoms with Gasteiger partial charge in [-0.3, -0.25) is 0 Å². The van der Waals surface area contributed by atoms with E-state index in [1.807, 2.05) is 11.8 Å². The van der Waals surface area contributed by atoms with E-state index in [2.05, 4.69) is 18.7 Å². The van der Waals surface area contributed by atoms with Gasteiger partial charge >= 0.3 is 0 Å². The van der Waals surface area contributed by atoms with Crippen molar-refractivity contribution in [3.63, 3.8) is 0 Å². The second kappa shape index (κ2) is 9.36. The molecule has 1 N–H and O–H groups in total. The Labute approximate surface area is 80.3 Å². The van der Waals surface area contributed by atoms with Gasteiger partial charge in [-0.25, -0.2) is 0 Å². The van der Waals surface area contributed by atoms with Crippen LogP contribution in [0.25, 0.3) is 0 Å². The first-order chi connectivity index (χ1) is 5.85. The molecule has 0 fully saturated rings. The SMILES string of the molecule is CCN(CC)CCSCCCO. The molecular formula is C9H21NOS. The summed E-state index contributed by atoms with van der Waals surface area (Å²) in [6, 6.07) is 0. The van der Waals surface area contributed by atoms with Crippen LogP contribution < -0.4 is 0 Å². The van der Waals surface area contributed by atoms with E-state index in [1.54, 1.807) is 0 Å². The van der Waals surface area contributed by atoms with Crippen LogP contribution in [0, 0.1) is 0 Å². The van der Waals surface area contributed by atoms with Crippen LogP contribution in [0.15, 0.2) is 0 Å². The third kappa shape index (κ3) is 6.95. The molecule has 12 heavy (non-hydrogen) atoms. The second-order valence-corrected chi connectivity index (χ2v) is 3.94. The van der Waals surface area contributed by atoms with Crippen LogP contribution in [0.2, 0.25) is 0 Å². The fraction of sp³-hybridized carbons (Fsp3) is 1.00. The first-order valence-electron chi connectivity index (χ1n) is 4.76. The number of hydrogen-bond acceptors (Lipinski definition) is 3. The molecule has 0 amide bonds. The lowest BCUT2D eigenvalue weighted by Gasteiger charge is -2.17. The van der Waals surface area contributed by atoms with Gasteiger partial charge in [0, 0.05) is 18.9 Å². The third-order valence-electron chi connectivity index (χ3n) is 1.89. The monoisotopic (exact) mass is 191 g/mol. The Kier molecular flexibility index (Phi) is 9.57. The Balaban J connectivity index is 3.06. The lowest BCUT2D eigenvalue weighted by Crippen LogP contribution is -2.25. The largest absolute Gasteiger partial charge is 0.396 e. The lowest BCUT2D eigenvalue weighted by atomic mass is 10.5. The molecule has 0 aliphatic carbocycles. The molecule has 0 spiro atoms. The summed E-state index contributed by atoms with van der Waals surface area (Å²) in [6.45, 7) is 8.21. The number of rotatable bonds is 8. The fourth-order valence-electron chi connectivity index (χ4n) is 1.00. The van der Waals surface area contributed by atoms with Crippen molar-refractivity contribution in [3.8, 4) is 0 Å². The molecule has 0 saturated carbocycles. The van der Waals surface area contributed by atoms with Gasteiger partial charge < -0.3 is 10.0 Å². The maximum atomic E-state index is 8.54. The summed E-state index contributed by atoms with van der Waals surface area (Å²) in [6.07, 6.45) is 0.933. The Bertz CT molecular complexity index is 86.6. The first kappa shape index (κ1) is 12.3. The van der Waals surface area contributed by atoms with Crippen LogP contribution in [-0.4, -0.2) is 47.8 Å². The Morgan fingerprint density at radius 3 is 2.33 bits per heavy atom. The molecule has 0 bridgehead atoms. The van der Waals surface area contributed by atoms with Crippen molar-refractivity contribution in [2.24, 2.45) is 0 Å². The van der Waals surface area contributed by atoms with Gasteiger partial charge in [0.05, 0.1) is 0 Å². The molecule has 0 rings (SSSR count). The van der Waals surface area contributed by atoms with Crippen LogP contribution >= 0.6 is 11.8 Å². The van der Waals surface area contributed by atoms with Crippen molar-refractivity contribution in [1.82, 2.24) is 4.90 Å². The van der Waals surface area contributed by atoms with Crippen molar-refractivity contribution in [3.05, 3.63) is 0 Å². The topological polar surface area (TPSA) is 23.5 Å². The maximum Gasteiger partial charge on any atom is 0.0438 e. The molecule has 3 heteroatoms. The maximum absolute atomic E-state index is 8.54. The minimum absolute atomic E-state index is 0.332. The van der Waals surface area contributed by atoms with Crippen molar-refractivity contribution in [2.75, 3.05) is 37.7 Å². The van der Waals surface area contributed by atoms with Crippen LogP contribution in [0.5, 0.6) is 0 Å². The average Bonchev–Trinajstić information content (AvgIpc) is 2.11. The van der Waals surface area contributed by atoms with Gasteiger partial charge in [-0.2, -0.15) is 11.8 Å². The minimum atomic E-state index is 0.332. The van der Waals surface area contributed by atoms with Gasteiger partial charge in [-0.1, -0.05) is 13.8 Å². The van der Waals surface area contributed by atoms with E-state index >= 15 is 0 Å². The predicted molar refractivity (Wildman–Crippen MR) is 56.8 cm³/mol. The summed E-state index contributed by atoms with van der Waals surface area (Å²) in [5.74, 6) is 2.29. The number of aliphatic hydroxyl groups excluding tert-OH is 1. The zero-order chi connectivity index (χ0) is 9.23. The van der Waals surface area contributed by atoms with E-state index in [9.17, 15) is 0 Å². The van der Waals surface area contributed by atoms with Gasteiger partial charge in [0.1, 0.15) is 0 Å². The first-order valence-corrected chi connectivity index (χ1v) is 5.91. The molecule has 0 aliphatic rings. The highest BCUT2D eigenvalue weighted by atomic mass is 32.2.